The third-order valence-corrected chi connectivity index (χ3v) is 4.94. The van der Waals surface area contributed by atoms with Gasteiger partial charge in [-0.3, -0.25) is 4.98 Å². The molecule has 0 radical (unpaired) electrons. The van der Waals surface area contributed by atoms with Crippen LogP contribution in [0, 0.1) is 24.7 Å². The van der Waals surface area contributed by atoms with Crippen molar-refractivity contribution in [3.8, 4) is 0 Å². The summed E-state index contributed by atoms with van der Waals surface area (Å²) in [6, 6.07) is 8.13. The van der Waals surface area contributed by atoms with E-state index in [1.807, 2.05) is 18.2 Å². The second kappa shape index (κ2) is 4.90. The minimum Gasteiger partial charge on any atom is -0.399 e. The standard InChI is InChI=1S/C18H23N3/c1-11-8-18(15-9-14(19)6-7-17(15)21-11)20-10-16(12-2-3-12)13-4-5-13/h6-9,12-13,16H,2-5,10,19H2,1H3,(H,20,21). The van der Waals surface area contributed by atoms with Gasteiger partial charge in [0.1, 0.15) is 0 Å². The summed E-state index contributed by atoms with van der Waals surface area (Å²) in [6.45, 7) is 3.16. The van der Waals surface area contributed by atoms with E-state index in [2.05, 4.69) is 23.3 Å². The van der Waals surface area contributed by atoms with Gasteiger partial charge >= 0.3 is 0 Å². The molecule has 3 N–H and O–H groups in total. The van der Waals surface area contributed by atoms with Crippen LogP contribution in [0.25, 0.3) is 10.9 Å². The summed E-state index contributed by atoms with van der Waals surface area (Å²) in [4.78, 5) is 4.60. The zero-order valence-electron chi connectivity index (χ0n) is 12.6. The van der Waals surface area contributed by atoms with Crippen LogP contribution in [0.1, 0.15) is 31.4 Å². The fourth-order valence-electron chi connectivity index (χ4n) is 3.52. The van der Waals surface area contributed by atoms with Gasteiger partial charge in [0.15, 0.2) is 0 Å². The number of nitrogens with zero attached hydrogens (tertiary/aromatic N) is 1. The number of hydrogen-bond donors (Lipinski definition) is 2. The third-order valence-electron chi connectivity index (χ3n) is 4.94. The second-order valence-corrected chi connectivity index (χ2v) is 6.81. The summed E-state index contributed by atoms with van der Waals surface area (Å²) in [5.74, 6) is 2.82. The Morgan fingerprint density at radius 2 is 1.90 bits per heavy atom. The quantitative estimate of drug-likeness (QED) is 0.815. The number of nitrogens with one attached hydrogen (secondary N) is 1. The van der Waals surface area contributed by atoms with Gasteiger partial charge in [0.25, 0.3) is 0 Å². The summed E-state index contributed by atoms with van der Waals surface area (Å²) in [5, 5.41) is 4.85. The van der Waals surface area contributed by atoms with Crippen molar-refractivity contribution >= 4 is 22.3 Å². The lowest BCUT2D eigenvalue weighted by Gasteiger charge is -2.18. The molecular weight excluding hydrogens is 258 g/mol. The summed E-state index contributed by atoms with van der Waals surface area (Å²) < 4.78 is 0. The molecule has 2 aliphatic rings. The molecular formula is C18H23N3. The first-order valence-electron chi connectivity index (χ1n) is 8.11. The minimum absolute atomic E-state index is 0.803. The highest BCUT2D eigenvalue weighted by Crippen LogP contribution is 2.49. The molecule has 0 unspecified atom stereocenters. The van der Waals surface area contributed by atoms with Crippen LogP contribution in [0.2, 0.25) is 0 Å². The Hall–Kier alpha value is -1.77. The van der Waals surface area contributed by atoms with Crippen molar-refractivity contribution in [1.82, 2.24) is 4.98 Å². The van der Waals surface area contributed by atoms with Crippen molar-refractivity contribution in [3.63, 3.8) is 0 Å². The van der Waals surface area contributed by atoms with Crippen LogP contribution in [-0.2, 0) is 0 Å². The molecule has 2 fully saturated rings. The molecule has 4 rings (SSSR count). The van der Waals surface area contributed by atoms with Gasteiger partial charge in [0.2, 0.25) is 0 Å². The van der Waals surface area contributed by atoms with Gasteiger partial charge in [0.05, 0.1) is 5.52 Å². The molecule has 110 valence electrons. The maximum absolute atomic E-state index is 5.95. The van der Waals surface area contributed by atoms with Crippen LogP contribution >= 0.6 is 0 Å². The van der Waals surface area contributed by atoms with Crippen molar-refractivity contribution in [2.75, 3.05) is 17.6 Å². The molecule has 0 spiro atoms. The van der Waals surface area contributed by atoms with Crippen molar-refractivity contribution in [1.29, 1.82) is 0 Å². The van der Waals surface area contributed by atoms with E-state index in [4.69, 9.17) is 5.73 Å². The lowest BCUT2D eigenvalue weighted by molar-refractivity contribution is 0.428. The fourth-order valence-corrected chi connectivity index (χ4v) is 3.52. The number of aryl methyl sites for hydroxylation is 1. The Labute approximate surface area is 125 Å². The van der Waals surface area contributed by atoms with Crippen LogP contribution < -0.4 is 11.1 Å². The number of nitrogen functional groups attached to an aromatic ring is 1. The number of anilines is 2. The first-order chi connectivity index (χ1) is 10.2. The lowest BCUT2D eigenvalue weighted by atomic mass is 9.97. The summed E-state index contributed by atoms with van der Waals surface area (Å²) in [7, 11) is 0. The van der Waals surface area contributed by atoms with Crippen molar-refractivity contribution < 1.29 is 0 Å². The van der Waals surface area contributed by atoms with Crippen molar-refractivity contribution in [2.24, 2.45) is 17.8 Å². The van der Waals surface area contributed by atoms with Crippen LogP contribution in [0.15, 0.2) is 24.3 Å². The third kappa shape index (κ3) is 2.69. The number of benzene rings is 1. The fraction of sp³-hybridized carbons (Fsp3) is 0.500. The normalized spacial score (nSPS) is 18.4. The average Bonchev–Trinajstić information content (AvgIpc) is 3.33. The van der Waals surface area contributed by atoms with Gasteiger partial charge in [-0.1, -0.05) is 0 Å². The summed E-state index contributed by atoms with van der Waals surface area (Å²) in [6.07, 6.45) is 5.75. The van der Waals surface area contributed by atoms with Gasteiger partial charge in [-0.05, 0) is 74.6 Å². The Morgan fingerprint density at radius 3 is 2.57 bits per heavy atom. The minimum atomic E-state index is 0.803. The number of pyridine rings is 1. The van der Waals surface area contributed by atoms with E-state index in [1.165, 1.54) is 31.4 Å². The highest BCUT2D eigenvalue weighted by atomic mass is 14.9. The van der Waals surface area contributed by atoms with E-state index in [0.717, 1.165) is 46.6 Å². The number of nitrogens with two attached hydrogens (primary N) is 1. The largest absolute Gasteiger partial charge is 0.399 e. The van der Waals surface area contributed by atoms with Crippen molar-refractivity contribution in [3.05, 3.63) is 30.0 Å². The Balaban J connectivity index is 1.61. The van der Waals surface area contributed by atoms with Gasteiger partial charge in [0, 0.05) is 29.0 Å². The Bertz CT molecular complexity index is 659. The van der Waals surface area contributed by atoms with Crippen LogP contribution in [0.4, 0.5) is 11.4 Å². The Kier molecular flexibility index (Phi) is 3.02. The molecule has 1 aromatic heterocycles. The molecule has 0 amide bonds. The number of fused-ring (bicyclic) bond motifs is 1. The monoisotopic (exact) mass is 281 g/mol. The second-order valence-electron chi connectivity index (χ2n) is 6.81. The SMILES string of the molecule is Cc1cc(NCC(C2CC2)C2CC2)c2cc(N)ccc2n1. The van der Waals surface area contributed by atoms with E-state index in [-0.39, 0.29) is 0 Å². The number of rotatable bonds is 5. The maximum Gasteiger partial charge on any atom is 0.0727 e. The molecule has 0 saturated heterocycles. The molecule has 2 aliphatic carbocycles. The lowest BCUT2D eigenvalue weighted by Crippen LogP contribution is -2.18. The van der Waals surface area contributed by atoms with E-state index in [0.29, 0.717) is 0 Å². The zero-order valence-corrected chi connectivity index (χ0v) is 12.6. The first kappa shape index (κ1) is 12.9. The van der Waals surface area contributed by atoms with Gasteiger partial charge in [-0.2, -0.15) is 0 Å². The predicted molar refractivity (Wildman–Crippen MR) is 88.3 cm³/mol. The molecule has 1 aromatic carbocycles. The van der Waals surface area contributed by atoms with Crippen LogP contribution in [-0.4, -0.2) is 11.5 Å². The van der Waals surface area contributed by atoms with E-state index in [1.54, 1.807) is 0 Å². The molecule has 0 atom stereocenters. The average molecular weight is 281 g/mol. The number of hydrogen-bond acceptors (Lipinski definition) is 3. The highest BCUT2D eigenvalue weighted by molar-refractivity contribution is 5.93. The molecule has 21 heavy (non-hydrogen) atoms. The van der Waals surface area contributed by atoms with E-state index in [9.17, 15) is 0 Å². The predicted octanol–water partition coefficient (Wildman–Crippen LogP) is 3.97. The van der Waals surface area contributed by atoms with E-state index >= 15 is 0 Å². The first-order valence-corrected chi connectivity index (χ1v) is 8.11. The highest BCUT2D eigenvalue weighted by Gasteiger charge is 2.41. The van der Waals surface area contributed by atoms with Gasteiger partial charge < -0.3 is 11.1 Å². The maximum atomic E-state index is 5.95. The zero-order chi connectivity index (χ0) is 14.4. The topological polar surface area (TPSA) is 50.9 Å². The molecule has 0 aliphatic heterocycles. The van der Waals surface area contributed by atoms with Crippen molar-refractivity contribution in [2.45, 2.75) is 32.6 Å². The summed E-state index contributed by atoms with van der Waals surface area (Å²) >= 11 is 0. The van der Waals surface area contributed by atoms with Crippen LogP contribution in [0.5, 0.6) is 0 Å². The molecule has 2 saturated carbocycles. The Morgan fingerprint density at radius 1 is 1.19 bits per heavy atom. The smallest absolute Gasteiger partial charge is 0.0727 e. The van der Waals surface area contributed by atoms with Gasteiger partial charge in [-0.15, -0.1) is 0 Å². The molecule has 2 aromatic rings. The summed E-state index contributed by atoms with van der Waals surface area (Å²) in [5.41, 5.74) is 10.0. The number of aromatic nitrogens is 1. The molecule has 3 nitrogen and oxygen atoms in total. The van der Waals surface area contributed by atoms with E-state index < -0.39 is 0 Å². The molecule has 1 heterocycles. The molecule has 3 heteroatoms. The molecule has 0 bridgehead atoms. The van der Waals surface area contributed by atoms with Crippen LogP contribution in [0.3, 0.4) is 0 Å². The van der Waals surface area contributed by atoms with Gasteiger partial charge in [-0.25, -0.2) is 0 Å².